The monoisotopic (exact) mass is 526 g/mol. The van der Waals surface area contributed by atoms with Crippen molar-refractivity contribution in [1.29, 1.82) is 0 Å². The summed E-state index contributed by atoms with van der Waals surface area (Å²) < 4.78 is 5.41. The Morgan fingerprint density at radius 2 is 1.54 bits per heavy atom. The van der Waals surface area contributed by atoms with E-state index in [4.69, 9.17) is 4.74 Å². The molecule has 4 N–H and O–H groups in total. The smallest absolute Gasteiger partial charge is 0.335 e. The number of aromatic nitrogens is 1. The van der Waals surface area contributed by atoms with Crippen molar-refractivity contribution >= 4 is 40.1 Å². The number of carboxylic acids is 2. The van der Waals surface area contributed by atoms with Crippen LogP contribution in [0.1, 0.15) is 26.4 Å². The molecule has 1 aliphatic rings. The first-order valence-corrected chi connectivity index (χ1v) is 12.3. The predicted octanol–water partition coefficient (Wildman–Crippen LogP) is 4.77. The summed E-state index contributed by atoms with van der Waals surface area (Å²) in [6, 6.07) is 18.2. The van der Waals surface area contributed by atoms with Gasteiger partial charge < -0.3 is 25.6 Å². The molecule has 2 amide bonds. The maximum absolute atomic E-state index is 12.8. The molecule has 0 unspecified atom stereocenters. The van der Waals surface area contributed by atoms with Gasteiger partial charge in [0.15, 0.2) is 0 Å². The van der Waals surface area contributed by atoms with Gasteiger partial charge in [0.1, 0.15) is 0 Å². The van der Waals surface area contributed by atoms with E-state index in [0.29, 0.717) is 5.69 Å². The SMILES string of the molecule is O=C(Nc1cc(C(=O)O)cc(C(=O)O)c1)Nc1ccc(-c2ccc(CN3CCOCC3)nc2)c2ccccc12. The van der Waals surface area contributed by atoms with E-state index in [1.807, 2.05) is 48.7 Å². The van der Waals surface area contributed by atoms with Crippen molar-refractivity contribution in [3.63, 3.8) is 0 Å². The third-order valence-corrected chi connectivity index (χ3v) is 6.48. The molecule has 1 aliphatic heterocycles. The molecule has 0 radical (unpaired) electrons. The molecule has 0 saturated carbocycles. The third kappa shape index (κ3) is 6.03. The lowest BCUT2D eigenvalue weighted by atomic mass is 9.98. The maximum Gasteiger partial charge on any atom is 0.335 e. The molecule has 0 atom stereocenters. The molecule has 10 nitrogen and oxygen atoms in total. The molecule has 39 heavy (non-hydrogen) atoms. The standard InChI is InChI=1S/C29H26N4O6/c34-27(35)19-13-20(28(36)37)15-22(14-19)31-29(38)32-26-8-7-23(24-3-1-2-4-25(24)26)18-5-6-21(30-16-18)17-33-9-11-39-12-10-33/h1-8,13-16H,9-12,17H2,(H,34,35)(H,36,37)(H2,31,32,38). The van der Waals surface area contributed by atoms with Crippen molar-refractivity contribution in [2.24, 2.45) is 0 Å². The fraction of sp³-hybridized carbons (Fsp3) is 0.172. The van der Waals surface area contributed by atoms with Crippen LogP contribution in [0.15, 0.2) is 72.9 Å². The highest BCUT2D eigenvalue weighted by Gasteiger charge is 2.15. The zero-order valence-corrected chi connectivity index (χ0v) is 20.9. The van der Waals surface area contributed by atoms with Crippen LogP contribution in [-0.2, 0) is 11.3 Å². The molecular weight excluding hydrogens is 500 g/mol. The average molecular weight is 527 g/mol. The van der Waals surface area contributed by atoms with Gasteiger partial charge in [-0.15, -0.1) is 0 Å². The number of rotatable bonds is 7. The van der Waals surface area contributed by atoms with Gasteiger partial charge in [0, 0.05) is 42.5 Å². The summed E-state index contributed by atoms with van der Waals surface area (Å²) in [7, 11) is 0. The minimum atomic E-state index is -1.30. The van der Waals surface area contributed by atoms with Crippen LogP contribution in [-0.4, -0.2) is 64.4 Å². The summed E-state index contributed by atoms with van der Waals surface area (Å²) in [5.41, 5.74) is 2.99. The van der Waals surface area contributed by atoms with E-state index in [2.05, 4.69) is 20.5 Å². The fourth-order valence-electron chi connectivity index (χ4n) is 4.56. The number of nitrogens with one attached hydrogen (secondary N) is 2. The summed E-state index contributed by atoms with van der Waals surface area (Å²) in [5.74, 6) is -2.60. The molecule has 10 heteroatoms. The number of urea groups is 1. The van der Waals surface area contributed by atoms with Crippen LogP contribution in [0.2, 0.25) is 0 Å². The number of pyridine rings is 1. The lowest BCUT2D eigenvalue weighted by Crippen LogP contribution is -2.35. The van der Waals surface area contributed by atoms with Crippen molar-refractivity contribution in [2.45, 2.75) is 6.54 Å². The van der Waals surface area contributed by atoms with Crippen molar-refractivity contribution in [2.75, 3.05) is 36.9 Å². The molecule has 4 aromatic rings. The number of amides is 2. The van der Waals surface area contributed by atoms with Crippen LogP contribution in [0, 0.1) is 0 Å². The number of aromatic carboxylic acids is 2. The number of ether oxygens (including phenoxy) is 1. The van der Waals surface area contributed by atoms with E-state index in [1.54, 1.807) is 6.07 Å². The predicted molar refractivity (Wildman–Crippen MR) is 146 cm³/mol. The Hall–Kier alpha value is -4.80. The second-order valence-electron chi connectivity index (χ2n) is 9.12. The number of hydrogen-bond acceptors (Lipinski definition) is 6. The zero-order chi connectivity index (χ0) is 27.4. The minimum absolute atomic E-state index is 0.0500. The van der Waals surface area contributed by atoms with Gasteiger partial charge in [-0.3, -0.25) is 9.88 Å². The summed E-state index contributed by atoms with van der Waals surface area (Å²) >= 11 is 0. The molecule has 5 rings (SSSR count). The Morgan fingerprint density at radius 3 is 2.18 bits per heavy atom. The topological polar surface area (TPSA) is 141 Å². The number of carbonyl (C=O) groups is 3. The highest BCUT2D eigenvalue weighted by Crippen LogP contribution is 2.33. The van der Waals surface area contributed by atoms with Gasteiger partial charge in [-0.2, -0.15) is 0 Å². The van der Waals surface area contributed by atoms with E-state index >= 15 is 0 Å². The molecule has 0 spiro atoms. The van der Waals surface area contributed by atoms with E-state index < -0.39 is 18.0 Å². The normalized spacial score (nSPS) is 13.6. The molecule has 0 aliphatic carbocycles. The van der Waals surface area contributed by atoms with Crippen LogP contribution in [0.25, 0.3) is 21.9 Å². The van der Waals surface area contributed by atoms with Crippen LogP contribution in [0.4, 0.5) is 16.2 Å². The fourth-order valence-corrected chi connectivity index (χ4v) is 4.56. The summed E-state index contributed by atoms with van der Waals surface area (Å²) in [6.07, 6.45) is 1.85. The van der Waals surface area contributed by atoms with E-state index in [9.17, 15) is 24.6 Å². The minimum Gasteiger partial charge on any atom is -0.478 e. The molecule has 2 heterocycles. The second kappa shape index (κ2) is 11.3. The van der Waals surface area contributed by atoms with Gasteiger partial charge in [0.2, 0.25) is 0 Å². The Morgan fingerprint density at radius 1 is 0.846 bits per heavy atom. The summed E-state index contributed by atoms with van der Waals surface area (Å²) in [5, 5.41) is 25.6. The zero-order valence-electron chi connectivity index (χ0n) is 20.9. The van der Waals surface area contributed by atoms with E-state index in [1.165, 1.54) is 12.1 Å². The van der Waals surface area contributed by atoms with E-state index in [-0.39, 0.29) is 16.8 Å². The lowest BCUT2D eigenvalue weighted by Gasteiger charge is -2.26. The van der Waals surface area contributed by atoms with Crippen molar-refractivity contribution in [3.05, 3.63) is 89.7 Å². The first-order valence-electron chi connectivity index (χ1n) is 12.3. The molecule has 198 valence electrons. The first-order chi connectivity index (χ1) is 18.9. The quantitative estimate of drug-likeness (QED) is 0.270. The van der Waals surface area contributed by atoms with Crippen molar-refractivity contribution in [1.82, 2.24) is 9.88 Å². The molecule has 0 bridgehead atoms. The van der Waals surface area contributed by atoms with Gasteiger partial charge in [-0.25, -0.2) is 14.4 Å². The Balaban J connectivity index is 1.36. The Kier molecular flexibility index (Phi) is 7.48. The highest BCUT2D eigenvalue weighted by atomic mass is 16.5. The average Bonchev–Trinajstić information content (AvgIpc) is 2.94. The van der Waals surface area contributed by atoms with Gasteiger partial charge in [-0.1, -0.05) is 36.4 Å². The van der Waals surface area contributed by atoms with Gasteiger partial charge >= 0.3 is 18.0 Å². The third-order valence-electron chi connectivity index (χ3n) is 6.48. The van der Waals surface area contributed by atoms with Gasteiger partial charge in [-0.05, 0) is 41.3 Å². The number of benzene rings is 3. The maximum atomic E-state index is 12.8. The number of nitrogens with zero attached hydrogens (tertiary/aromatic N) is 2. The summed E-state index contributed by atoms with van der Waals surface area (Å²) in [4.78, 5) is 42.5. The van der Waals surface area contributed by atoms with Crippen LogP contribution in [0.3, 0.4) is 0 Å². The molecule has 1 saturated heterocycles. The summed E-state index contributed by atoms with van der Waals surface area (Å²) in [6.45, 7) is 4.02. The van der Waals surface area contributed by atoms with E-state index in [0.717, 1.165) is 66.5 Å². The molecule has 1 fully saturated rings. The number of morpholine rings is 1. The largest absolute Gasteiger partial charge is 0.478 e. The number of fused-ring (bicyclic) bond motifs is 1. The van der Waals surface area contributed by atoms with Gasteiger partial charge in [0.05, 0.1) is 35.7 Å². The van der Waals surface area contributed by atoms with Crippen molar-refractivity contribution in [3.8, 4) is 11.1 Å². The highest BCUT2D eigenvalue weighted by molar-refractivity contribution is 6.10. The first kappa shape index (κ1) is 25.8. The van der Waals surface area contributed by atoms with Crippen LogP contribution < -0.4 is 10.6 Å². The van der Waals surface area contributed by atoms with Crippen LogP contribution >= 0.6 is 0 Å². The Labute approximate surface area is 223 Å². The molecule has 3 aromatic carbocycles. The van der Waals surface area contributed by atoms with Gasteiger partial charge in [0.25, 0.3) is 0 Å². The van der Waals surface area contributed by atoms with Crippen molar-refractivity contribution < 1.29 is 29.3 Å². The second-order valence-corrected chi connectivity index (χ2v) is 9.12. The Bertz CT molecular complexity index is 1520. The number of anilines is 2. The molecular formula is C29H26N4O6. The lowest BCUT2D eigenvalue weighted by molar-refractivity contribution is 0.0336. The number of hydrogen-bond donors (Lipinski definition) is 4. The van der Waals surface area contributed by atoms with Crippen LogP contribution in [0.5, 0.6) is 0 Å². The molecule has 1 aromatic heterocycles. The number of carbonyl (C=O) groups excluding carboxylic acids is 1. The number of carboxylic acid groups (broad SMARTS) is 2.